The summed E-state index contributed by atoms with van der Waals surface area (Å²) in [5.74, 6) is 0. The largest absolute Gasteiger partial charge is 3.00 e. The van der Waals surface area contributed by atoms with Crippen LogP contribution in [0, 0.1) is 0 Å². The first-order valence-electron chi connectivity index (χ1n) is 0. The minimum absolute atomic E-state index is 0. The third-order valence-corrected chi connectivity index (χ3v) is 0. The maximum Gasteiger partial charge on any atom is 3.00 e. The first-order valence-corrected chi connectivity index (χ1v) is 0. The standard InChI is InChI=1S/Al.Ca.O.Zn/q+3;+2;-2;+2. The van der Waals surface area contributed by atoms with Gasteiger partial charge in [-0.05, 0) is 0 Å². The molecule has 0 unspecified atom stereocenters. The van der Waals surface area contributed by atoms with Crippen molar-refractivity contribution < 1.29 is 25.0 Å². The van der Waals surface area contributed by atoms with E-state index in [1.165, 1.54) is 0 Å². The van der Waals surface area contributed by atoms with Crippen LogP contribution in [-0.4, -0.2) is 55.1 Å². The van der Waals surface area contributed by atoms with Crippen molar-refractivity contribution in [2.24, 2.45) is 0 Å². The van der Waals surface area contributed by atoms with E-state index >= 15 is 0 Å². The summed E-state index contributed by atoms with van der Waals surface area (Å²) >= 11 is 0. The first-order chi connectivity index (χ1) is 0. The molecule has 0 radical (unpaired) electrons. The van der Waals surface area contributed by atoms with Gasteiger partial charge in [0.2, 0.25) is 0 Å². The van der Waals surface area contributed by atoms with Crippen LogP contribution in [0.15, 0.2) is 0 Å². The van der Waals surface area contributed by atoms with E-state index in [0.29, 0.717) is 0 Å². The van der Waals surface area contributed by atoms with Crippen LogP contribution < -0.4 is 0 Å². The van der Waals surface area contributed by atoms with Crippen molar-refractivity contribution in [1.29, 1.82) is 0 Å². The summed E-state index contributed by atoms with van der Waals surface area (Å²) in [4.78, 5) is 0. The van der Waals surface area contributed by atoms with Gasteiger partial charge >= 0.3 is 74.6 Å². The Bertz CT molecular complexity index is 8.00. The van der Waals surface area contributed by atoms with Crippen molar-refractivity contribution >= 4 is 55.1 Å². The molecule has 0 aromatic carbocycles. The molecule has 0 aliphatic carbocycles. The van der Waals surface area contributed by atoms with Crippen LogP contribution in [0.5, 0.6) is 0 Å². The Balaban J connectivity index is 0. The second-order valence-corrected chi connectivity index (χ2v) is 0. The van der Waals surface area contributed by atoms with Gasteiger partial charge in [0.05, 0.1) is 0 Å². The van der Waals surface area contributed by atoms with E-state index in [9.17, 15) is 0 Å². The summed E-state index contributed by atoms with van der Waals surface area (Å²) in [7, 11) is 0. The van der Waals surface area contributed by atoms with Gasteiger partial charge in [-0.15, -0.1) is 0 Å². The van der Waals surface area contributed by atoms with E-state index in [1.807, 2.05) is 0 Å². The van der Waals surface area contributed by atoms with Crippen molar-refractivity contribution in [1.82, 2.24) is 0 Å². The Hall–Kier alpha value is 2.38. The Labute approximate surface area is 78.7 Å². The molecule has 0 saturated carbocycles. The Morgan fingerprint density at radius 1 is 1.00 bits per heavy atom. The van der Waals surface area contributed by atoms with Gasteiger partial charge in [0.1, 0.15) is 0 Å². The van der Waals surface area contributed by atoms with Gasteiger partial charge in [0.25, 0.3) is 0 Å². The van der Waals surface area contributed by atoms with Gasteiger partial charge in [-0.2, -0.15) is 0 Å². The summed E-state index contributed by atoms with van der Waals surface area (Å²) in [5.41, 5.74) is 0. The van der Waals surface area contributed by atoms with E-state index in [4.69, 9.17) is 0 Å². The third kappa shape index (κ3) is 8.83. The predicted molar refractivity (Wildman–Crippen MR) is 12.2 cm³/mol. The van der Waals surface area contributed by atoms with Crippen molar-refractivity contribution in [3.8, 4) is 0 Å². The zero-order valence-electron chi connectivity index (χ0n) is 2.40. The normalized spacial score (nSPS) is 0. The van der Waals surface area contributed by atoms with Gasteiger partial charge in [-0.1, -0.05) is 0 Å². The summed E-state index contributed by atoms with van der Waals surface area (Å²) in [6, 6.07) is 0. The second kappa shape index (κ2) is 18.2. The number of rotatable bonds is 0. The molecule has 0 aromatic heterocycles. The smallest absolute Gasteiger partial charge is 2.00 e. The molecule has 0 amide bonds. The number of hydrogen-bond acceptors (Lipinski definition) is 0. The van der Waals surface area contributed by atoms with Crippen molar-refractivity contribution in [3.05, 3.63) is 0 Å². The van der Waals surface area contributed by atoms with Gasteiger partial charge < -0.3 is 5.48 Å². The van der Waals surface area contributed by atoms with Gasteiger partial charge in [0, 0.05) is 0 Å². The molecule has 0 spiro atoms. The van der Waals surface area contributed by atoms with Crippen molar-refractivity contribution in [3.63, 3.8) is 0 Å². The molecule has 0 bridgehead atoms. The second-order valence-electron chi connectivity index (χ2n) is 0. The molecule has 0 rings (SSSR count). The summed E-state index contributed by atoms with van der Waals surface area (Å²) < 4.78 is 0. The maximum atomic E-state index is 0. The molecule has 0 N–H and O–H groups in total. The zero-order valence-corrected chi connectivity index (χ0v) is 8.73. The van der Waals surface area contributed by atoms with Crippen LogP contribution >= 0.6 is 0 Å². The van der Waals surface area contributed by atoms with Crippen molar-refractivity contribution in [2.75, 3.05) is 0 Å². The van der Waals surface area contributed by atoms with E-state index in [-0.39, 0.29) is 80.1 Å². The van der Waals surface area contributed by atoms with Crippen LogP contribution in [0.3, 0.4) is 0 Å². The molecule has 4 heavy (non-hydrogen) atoms. The molecular formula is AlCaOZn+5. The van der Waals surface area contributed by atoms with E-state index < -0.39 is 0 Å². The SMILES string of the molecule is [Al+3].[Ca+2].[O-2].[Zn+2]. The molecule has 8 valence electrons. The molecule has 0 aromatic rings. The Morgan fingerprint density at radius 3 is 1.00 bits per heavy atom. The van der Waals surface area contributed by atoms with Gasteiger partial charge in [0.15, 0.2) is 0 Å². The Morgan fingerprint density at radius 2 is 1.00 bits per heavy atom. The first kappa shape index (κ1) is 32.6. The summed E-state index contributed by atoms with van der Waals surface area (Å²) in [6.45, 7) is 0. The molecule has 0 aliphatic heterocycles. The maximum absolute atomic E-state index is 0. The molecule has 0 aliphatic rings. The summed E-state index contributed by atoms with van der Waals surface area (Å²) in [6.07, 6.45) is 0. The average molecular weight is 148 g/mol. The average Bonchev–Trinajstić information content (AvgIpc) is 0. The summed E-state index contributed by atoms with van der Waals surface area (Å²) in [5, 5.41) is 0. The van der Waals surface area contributed by atoms with Crippen LogP contribution in [-0.2, 0) is 25.0 Å². The van der Waals surface area contributed by atoms with E-state index in [0.717, 1.165) is 0 Å². The quantitative estimate of drug-likeness (QED) is 0.399. The molecule has 0 heterocycles. The fourth-order valence-corrected chi connectivity index (χ4v) is 0. The van der Waals surface area contributed by atoms with Crippen LogP contribution in [0.2, 0.25) is 0 Å². The fourth-order valence-electron chi connectivity index (χ4n) is 0. The van der Waals surface area contributed by atoms with Crippen LogP contribution in [0.25, 0.3) is 0 Å². The van der Waals surface area contributed by atoms with Crippen LogP contribution in [0.1, 0.15) is 0 Å². The van der Waals surface area contributed by atoms with Crippen LogP contribution in [0.4, 0.5) is 0 Å². The molecule has 4 heteroatoms. The Kier molecular flexibility index (Phi) is 149. The molecule has 0 fully saturated rings. The zero-order chi connectivity index (χ0) is 0. The molecular weight excluding hydrogens is 148 g/mol. The third-order valence-electron chi connectivity index (χ3n) is 0. The van der Waals surface area contributed by atoms with E-state index in [2.05, 4.69) is 0 Å². The van der Waals surface area contributed by atoms with Gasteiger partial charge in [-0.3, -0.25) is 0 Å². The van der Waals surface area contributed by atoms with Crippen molar-refractivity contribution in [2.45, 2.75) is 0 Å². The number of hydrogen-bond donors (Lipinski definition) is 0. The van der Waals surface area contributed by atoms with E-state index in [1.54, 1.807) is 0 Å². The minimum atomic E-state index is 0. The molecule has 1 nitrogen and oxygen atoms in total. The molecule has 0 saturated heterocycles. The minimum Gasteiger partial charge on any atom is -2.00 e. The van der Waals surface area contributed by atoms with Gasteiger partial charge in [-0.25, -0.2) is 0 Å². The predicted octanol–water partition coefficient (Wildman–Crippen LogP) is -0.883. The monoisotopic (exact) mass is 147 g/mol. The fraction of sp³-hybridized carbons (Fsp3) is 0. The topological polar surface area (TPSA) is 28.5 Å². The molecule has 0 atom stereocenters.